The van der Waals surface area contributed by atoms with E-state index in [1.54, 1.807) is 11.0 Å². The Labute approximate surface area is 163 Å². The lowest BCUT2D eigenvalue weighted by Gasteiger charge is -2.25. The van der Waals surface area contributed by atoms with Gasteiger partial charge in [-0.15, -0.1) is 0 Å². The molecule has 6 heteroatoms. The second kappa shape index (κ2) is 7.81. The molecule has 0 aromatic heterocycles. The van der Waals surface area contributed by atoms with Crippen molar-refractivity contribution in [3.05, 3.63) is 63.7 Å². The zero-order chi connectivity index (χ0) is 19.6. The molecule has 3 rings (SSSR count). The third-order valence-electron chi connectivity index (χ3n) is 4.68. The Hall–Kier alpha value is -2.84. The lowest BCUT2D eigenvalue weighted by molar-refractivity contribution is -0.143. The molecule has 0 aliphatic carbocycles. The van der Waals surface area contributed by atoms with Crippen LogP contribution in [0, 0.1) is 25.2 Å². The van der Waals surface area contributed by atoms with Crippen LogP contribution >= 0.6 is 11.6 Å². The number of rotatable bonds is 2. The number of carbonyl (C=O) groups is 2. The van der Waals surface area contributed by atoms with Gasteiger partial charge in [0.05, 0.1) is 16.6 Å². The minimum absolute atomic E-state index is 0.0956. The Kier molecular flexibility index (Phi) is 5.48. The number of hydrogen-bond acceptors (Lipinski definition) is 3. The third-order valence-corrected chi connectivity index (χ3v) is 5.01. The van der Waals surface area contributed by atoms with E-state index in [0.717, 1.165) is 29.5 Å². The molecule has 5 nitrogen and oxygen atoms in total. The van der Waals surface area contributed by atoms with Gasteiger partial charge >= 0.3 is 11.8 Å². The summed E-state index contributed by atoms with van der Waals surface area (Å²) in [7, 11) is 0. The van der Waals surface area contributed by atoms with Crippen LogP contribution in [0.1, 0.15) is 41.1 Å². The molecular formula is C21H20ClN3O2. The standard InChI is InChI=1S/C21H20ClN3O2/c1-13-8-14(2)10-15(9-13)19-4-3-7-25(19)21(27)20(26)24-17-5-6-18(22)16(11-17)12-23/h5-6,8-11,19H,3-4,7H2,1-2H3,(H,24,26). The van der Waals surface area contributed by atoms with E-state index < -0.39 is 11.8 Å². The number of halogens is 1. The zero-order valence-corrected chi connectivity index (χ0v) is 16.0. The van der Waals surface area contributed by atoms with Crippen LogP contribution in [0.4, 0.5) is 5.69 Å². The van der Waals surface area contributed by atoms with E-state index in [-0.39, 0.29) is 11.6 Å². The quantitative estimate of drug-likeness (QED) is 0.795. The van der Waals surface area contributed by atoms with Crippen molar-refractivity contribution in [2.24, 2.45) is 0 Å². The fraction of sp³-hybridized carbons (Fsp3) is 0.286. The minimum Gasteiger partial charge on any atom is -0.327 e. The molecule has 1 N–H and O–H groups in total. The van der Waals surface area contributed by atoms with E-state index in [2.05, 4.69) is 23.5 Å². The molecule has 0 radical (unpaired) electrons. The van der Waals surface area contributed by atoms with Crippen molar-refractivity contribution in [3.8, 4) is 6.07 Å². The number of aryl methyl sites for hydroxylation is 2. The van der Waals surface area contributed by atoms with Crippen molar-refractivity contribution in [1.82, 2.24) is 4.90 Å². The first-order valence-corrected chi connectivity index (χ1v) is 9.16. The van der Waals surface area contributed by atoms with E-state index in [1.807, 2.05) is 19.9 Å². The summed E-state index contributed by atoms with van der Waals surface area (Å²) in [6.45, 7) is 4.60. The molecule has 2 aromatic carbocycles. The first-order chi connectivity index (χ1) is 12.9. The van der Waals surface area contributed by atoms with Crippen molar-refractivity contribution in [3.63, 3.8) is 0 Å². The molecule has 0 saturated carbocycles. The average Bonchev–Trinajstić information content (AvgIpc) is 3.11. The van der Waals surface area contributed by atoms with Crippen molar-refractivity contribution in [1.29, 1.82) is 5.26 Å². The van der Waals surface area contributed by atoms with Gasteiger partial charge in [-0.1, -0.05) is 40.9 Å². The number of amides is 2. The third kappa shape index (κ3) is 4.12. The summed E-state index contributed by atoms with van der Waals surface area (Å²) in [6, 6.07) is 12.6. The Balaban J connectivity index is 1.78. The van der Waals surface area contributed by atoms with Crippen LogP contribution in [0.25, 0.3) is 0 Å². The molecule has 0 spiro atoms. The van der Waals surface area contributed by atoms with Crippen molar-refractivity contribution < 1.29 is 9.59 Å². The van der Waals surface area contributed by atoms with Gasteiger partial charge in [-0.3, -0.25) is 9.59 Å². The number of anilines is 1. The maximum Gasteiger partial charge on any atom is 0.313 e. The van der Waals surface area contributed by atoms with Gasteiger partial charge in [-0.05, 0) is 50.5 Å². The number of nitrogens with one attached hydrogen (secondary N) is 1. The smallest absolute Gasteiger partial charge is 0.313 e. The van der Waals surface area contributed by atoms with E-state index in [0.29, 0.717) is 17.3 Å². The summed E-state index contributed by atoms with van der Waals surface area (Å²) in [4.78, 5) is 26.9. The SMILES string of the molecule is Cc1cc(C)cc(C2CCCN2C(=O)C(=O)Nc2ccc(Cl)c(C#N)c2)c1. The van der Waals surface area contributed by atoms with Gasteiger partial charge in [0.2, 0.25) is 0 Å². The van der Waals surface area contributed by atoms with Crippen LogP contribution in [-0.4, -0.2) is 23.3 Å². The molecular weight excluding hydrogens is 362 g/mol. The van der Waals surface area contributed by atoms with Crippen LogP contribution in [0.3, 0.4) is 0 Å². The number of benzene rings is 2. The zero-order valence-electron chi connectivity index (χ0n) is 15.3. The van der Waals surface area contributed by atoms with Crippen molar-refractivity contribution in [2.45, 2.75) is 32.7 Å². The second-order valence-electron chi connectivity index (χ2n) is 6.84. The molecule has 2 aromatic rings. The lowest BCUT2D eigenvalue weighted by atomic mass is 9.99. The van der Waals surface area contributed by atoms with Crippen LogP contribution in [-0.2, 0) is 9.59 Å². The molecule has 2 amide bonds. The topological polar surface area (TPSA) is 73.2 Å². The first-order valence-electron chi connectivity index (χ1n) is 8.79. The van der Waals surface area contributed by atoms with E-state index in [4.69, 9.17) is 16.9 Å². The van der Waals surface area contributed by atoms with Gasteiger partial charge in [-0.2, -0.15) is 5.26 Å². The van der Waals surface area contributed by atoms with Crippen LogP contribution in [0.5, 0.6) is 0 Å². The summed E-state index contributed by atoms with van der Waals surface area (Å²) < 4.78 is 0. The maximum atomic E-state index is 12.7. The monoisotopic (exact) mass is 381 g/mol. The van der Waals surface area contributed by atoms with Gasteiger partial charge in [0.15, 0.2) is 0 Å². The molecule has 138 valence electrons. The van der Waals surface area contributed by atoms with Crippen LogP contribution < -0.4 is 5.32 Å². The highest BCUT2D eigenvalue weighted by Gasteiger charge is 2.33. The second-order valence-corrected chi connectivity index (χ2v) is 7.25. The number of likely N-dealkylation sites (tertiary alicyclic amines) is 1. The fourth-order valence-electron chi connectivity index (χ4n) is 3.56. The highest BCUT2D eigenvalue weighted by molar-refractivity contribution is 6.39. The minimum atomic E-state index is -0.711. The average molecular weight is 382 g/mol. The predicted octanol–water partition coefficient (Wildman–Crippen LogP) is 4.13. The summed E-state index contributed by atoms with van der Waals surface area (Å²) in [5.74, 6) is -1.28. The van der Waals surface area contributed by atoms with Gasteiger partial charge in [0, 0.05) is 12.2 Å². The van der Waals surface area contributed by atoms with Gasteiger partial charge in [0.1, 0.15) is 6.07 Å². The molecule has 1 aliphatic heterocycles. The van der Waals surface area contributed by atoms with E-state index >= 15 is 0 Å². The van der Waals surface area contributed by atoms with E-state index in [9.17, 15) is 9.59 Å². The highest BCUT2D eigenvalue weighted by atomic mass is 35.5. The number of nitriles is 1. The van der Waals surface area contributed by atoms with E-state index in [1.165, 1.54) is 12.1 Å². The summed E-state index contributed by atoms with van der Waals surface area (Å²) in [6.07, 6.45) is 1.69. The molecule has 1 heterocycles. The fourth-order valence-corrected chi connectivity index (χ4v) is 3.72. The summed E-state index contributed by atoms with van der Waals surface area (Å²) in [5.41, 5.74) is 3.95. The molecule has 1 fully saturated rings. The molecule has 0 bridgehead atoms. The maximum absolute atomic E-state index is 12.7. The Morgan fingerprint density at radius 2 is 1.89 bits per heavy atom. The number of carbonyl (C=O) groups excluding carboxylic acids is 2. The largest absolute Gasteiger partial charge is 0.327 e. The molecule has 27 heavy (non-hydrogen) atoms. The number of nitrogens with zero attached hydrogens (tertiary/aromatic N) is 2. The first kappa shape index (κ1) is 18.9. The van der Waals surface area contributed by atoms with Gasteiger partial charge in [-0.25, -0.2) is 0 Å². The normalized spacial score (nSPS) is 16.1. The molecule has 1 atom stereocenters. The Morgan fingerprint density at radius 1 is 1.19 bits per heavy atom. The highest BCUT2D eigenvalue weighted by Crippen LogP contribution is 2.33. The summed E-state index contributed by atoms with van der Waals surface area (Å²) in [5, 5.41) is 11.9. The van der Waals surface area contributed by atoms with Crippen molar-refractivity contribution >= 4 is 29.1 Å². The lowest BCUT2D eigenvalue weighted by Crippen LogP contribution is -2.39. The Morgan fingerprint density at radius 3 is 2.56 bits per heavy atom. The summed E-state index contributed by atoms with van der Waals surface area (Å²) >= 11 is 5.90. The molecule has 1 saturated heterocycles. The van der Waals surface area contributed by atoms with Crippen LogP contribution in [0.2, 0.25) is 5.02 Å². The predicted molar refractivity (Wildman–Crippen MR) is 104 cm³/mol. The Bertz CT molecular complexity index is 929. The van der Waals surface area contributed by atoms with Crippen LogP contribution in [0.15, 0.2) is 36.4 Å². The molecule has 1 unspecified atom stereocenters. The van der Waals surface area contributed by atoms with Gasteiger partial charge in [0.25, 0.3) is 0 Å². The molecule has 1 aliphatic rings. The number of hydrogen-bond donors (Lipinski definition) is 1. The van der Waals surface area contributed by atoms with Crippen molar-refractivity contribution in [2.75, 3.05) is 11.9 Å². The van der Waals surface area contributed by atoms with Gasteiger partial charge < -0.3 is 10.2 Å².